The van der Waals surface area contributed by atoms with E-state index in [1.165, 1.54) is 6.07 Å². The topological polar surface area (TPSA) is 60.2 Å². The zero-order valence-corrected chi connectivity index (χ0v) is 11.2. The molecule has 2 aromatic rings. The maximum absolute atomic E-state index is 13.2. The lowest BCUT2D eigenvalue weighted by molar-refractivity contribution is 0.590. The number of hydrogen-bond donors (Lipinski definition) is 1. The molecule has 5 heteroatoms. The predicted molar refractivity (Wildman–Crippen MR) is 72.9 cm³/mol. The zero-order valence-electron chi connectivity index (χ0n) is 10.4. The van der Waals surface area contributed by atoms with E-state index in [4.69, 9.17) is 5.73 Å². The van der Waals surface area contributed by atoms with E-state index in [1.54, 1.807) is 18.2 Å². The van der Waals surface area contributed by atoms with Crippen molar-refractivity contribution in [1.29, 1.82) is 0 Å². The Morgan fingerprint density at radius 1 is 1.16 bits per heavy atom. The standard InChI is InChI=1S/C14H14FNO2S/c1-10-3-2-4-11(5-10)9-19(17,18)14-7-12(15)6-13(16)8-14/h2-8H,9,16H2,1H3. The minimum absolute atomic E-state index is 0.0912. The third kappa shape index (κ3) is 3.32. The smallest absolute Gasteiger partial charge is 0.182 e. The van der Waals surface area contributed by atoms with Gasteiger partial charge in [0.15, 0.2) is 9.84 Å². The van der Waals surface area contributed by atoms with Crippen molar-refractivity contribution in [3.8, 4) is 0 Å². The van der Waals surface area contributed by atoms with E-state index in [0.29, 0.717) is 5.56 Å². The van der Waals surface area contributed by atoms with Crippen LogP contribution in [-0.2, 0) is 15.6 Å². The first-order valence-corrected chi connectivity index (χ1v) is 7.36. The van der Waals surface area contributed by atoms with Crippen LogP contribution in [0.25, 0.3) is 0 Å². The minimum Gasteiger partial charge on any atom is -0.399 e. The molecule has 0 aromatic heterocycles. The predicted octanol–water partition coefficient (Wildman–Crippen LogP) is 2.69. The van der Waals surface area contributed by atoms with E-state index in [1.807, 2.05) is 13.0 Å². The average Bonchev–Trinajstić information content (AvgIpc) is 2.26. The van der Waals surface area contributed by atoms with Gasteiger partial charge >= 0.3 is 0 Å². The molecule has 0 aliphatic heterocycles. The monoisotopic (exact) mass is 279 g/mol. The summed E-state index contributed by atoms with van der Waals surface area (Å²) in [4.78, 5) is -0.0912. The summed E-state index contributed by atoms with van der Waals surface area (Å²) >= 11 is 0. The van der Waals surface area contributed by atoms with Crippen LogP contribution in [0.1, 0.15) is 11.1 Å². The van der Waals surface area contributed by atoms with Crippen LogP contribution in [0.5, 0.6) is 0 Å². The molecule has 0 amide bonds. The number of hydrogen-bond acceptors (Lipinski definition) is 3. The summed E-state index contributed by atoms with van der Waals surface area (Å²) in [6, 6.07) is 10.5. The van der Waals surface area contributed by atoms with Crippen LogP contribution in [-0.4, -0.2) is 8.42 Å². The molecule has 0 radical (unpaired) electrons. The number of sulfone groups is 1. The van der Waals surface area contributed by atoms with E-state index in [-0.39, 0.29) is 16.3 Å². The molecule has 2 N–H and O–H groups in total. The highest BCUT2D eigenvalue weighted by atomic mass is 32.2. The van der Waals surface area contributed by atoms with Gasteiger partial charge in [-0.25, -0.2) is 12.8 Å². The highest BCUT2D eigenvalue weighted by Gasteiger charge is 2.17. The first kappa shape index (κ1) is 13.5. The third-order valence-corrected chi connectivity index (χ3v) is 4.36. The second-order valence-electron chi connectivity index (χ2n) is 4.47. The molecule has 0 heterocycles. The fourth-order valence-corrected chi connectivity index (χ4v) is 3.26. The molecule has 0 unspecified atom stereocenters. The zero-order chi connectivity index (χ0) is 14.0. The Morgan fingerprint density at radius 3 is 2.53 bits per heavy atom. The summed E-state index contributed by atoms with van der Waals surface area (Å²) in [6.07, 6.45) is 0. The van der Waals surface area contributed by atoms with Crippen molar-refractivity contribution in [3.63, 3.8) is 0 Å². The van der Waals surface area contributed by atoms with Crippen molar-refractivity contribution >= 4 is 15.5 Å². The van der Waals surface area contributed by atoms with Crippen molar-refractivity contribution in [2.75, 3.05) is 5.73 Å². The van der Waals surface area contributed by atoms with Gasteiger partial charge in [0.1, 0.15) is 5.82 Å². The molecular formula is C14H14FNO2S. The second-order valence-corrected chi connectivity index (χ2v) is 6.46. The van der Waals surface area contributed by atoms with Gasteiger partial charge in [-0.2, -0.15) is 0 Å². The average molecular weight is 279 g/mol. The molecule has 0 spiro atoms. The quantitative estimate of drug-likeness (QED) is 0.879. The van der Waals surface area contributed by atoms with Gasteiger partial charge in [-0.1, -0.05) is 29.8 Å². The molecule has 0 aliphatic rings. The summed E-state index contributed by atoms with van der Waals surface area (Å²) in [5.74, 6) is -0.819. The van der Waals surface area contributed by atoms with Crippen LogP contribution >= 0.6 is 0 Å². The van der Waals surface area contributed by atoms with E-state index in [0.717, 1.165) is 17.7 Å². The van der Waals surface area contributed by atoms with Crippen molar-refractivity contribution in [2.24, 2.45) is 0 Å². The molecule has 2 rings (SSSR count). The van der Waals surface area contributed by atoms with Crippen LogP contribution in [0.3, 0.4) is 0 Å². The van der Waals surface area contributed by atoms with Gasteiger partial charge in [-0.05, 0) is 30.7 Å². The van der Waals surface area contributed by atoms with Crippen molar-refractivity contribution in [3.05, 3.63) is 59.4 Å². The number of aryl methyl sites for hydroxylation is 1. The molecule has 0 fully saturated rings. The molecule has 2 aromatic carbocycles. The maximum Gasteiger partial charge on any atom is 0.182 e. The molecule has 3 nitrogen and oxygen atoms in total. The molecule has 19 heavy (non-hydrogen) atoms. The summed E-state index contributed by atoms with van der Waals surface area (Å²) in [5, 5.41) is 0. The summed E-state index contributed by atoms with van der Waals surface area (Å²) in [6.45, 7) is 1.89. The van der Waals surface area contributed by atoms with Gasteiger partial charge in [0, 0.05) is 5.69 Å². The van der Waals surface area contributed by atoms with E-state index >= 15 is 0 Å². The molecule has 0 bridgehead atoms. The second kappa shape index (κ2) is 5.01. The fourth-order valence-electron chi connectivity index (χ4n) is 1.87. The first-order chi connectivity index (χ1) is 8.87. The number of anilines is 1. The lowest BCUT2D eigenvalue weighted by Gasteiger charge is -2.06. The van der Waals surface area contributed by atoms with Gasteiger partial charge in [0.05, 0.1) is 10.6 Å². The maximum atomic E-state index is 13.2. The Hall–Kier alpha value is -1.88. The summed E-state index contributed by atoms with van der Waals surface area (Å²) < 4.78 is 37.6. The molecule has 0 atom stereocenters. The Bertz CT molecular complexity index is 691. The van der Waals surface area contributed by atoms with Crippen LogP contribution in [0, 0.1) is 12.7 Å². The lowest BCUT2D eigenvalue weighted by Crippen LogP contribution is -2.06. The van der Waals surface area contributed by atoms with E-state index in [2.05, 4.69) is 0 Å². The third-order valence-electron chi connectivity index (χ3n) is 2.69. The summed E-state index contributed by atoms with van der Waals surface area (Å²) in [7, 11) is -3.60. The van der Waals surface area contributed by atoms with Gasteiger partial charge < -0.3 is 5.73 Å². The summed E-state index contributed by atoms with van der Waals surface area (Å²) in [5.41, 5.74) is 7.22. The van der Waals surface area contributed by atoms with Crippen molar-refractivity contribution < 1.29 is 12.8 Å². The minimum atomic E-state index is -3.60. The number of benzene rings is 2. The van der Waals surface area contributed by atoms with Gasteiger partial charge in [-0.15, -0.1) is 0 Å². The van der Waals surface area contributed by atoms with Crippen molar-refractivity contribution in [1.82, 2.24) is 0 Å². The van der Waals surface area contributed by atoms with E-state index in [9.17, 15) is 12.8 Å². The van der Waals surface area contributed by atoms with Crippen LogP contribution in [0.4, 0.5) is 10.1 Å². The molecule has 0 saturated carbocycles. The number of rotatable bonds is 3. The molecule has 0 aliphatic carbocycles. The normalized spacial score (nSPS) is 11.5. The van der Waals surface area contributed by atoms with E-state index < -0.39 is 15.7 Å². The Labute approximate surface area is 111 Å². The number of halogens is 1. The largest absolute Gasteiger partial charge is 0.399 e. The fraction of sp³-hybridized carbons (Fsp3) is 0.143. The SMILES string of the molecule is Cc1cccc(CS(=O)(=O)c2cc(N)cc(F)c2)c1. The van der Waals surface area contributed by atoms with Gasteiger partial charge in [0.25, 0.3) is 0 Å². The Morgan fingerprint density at radius 2 is 1.89 bits per heavy atom. The number of nitrogens with two attached hydrogens (primary N) is 1. The van der Waals surface area contributed by atoms with Crippen LogP contribution in [0.15, 0.2) is 47.4 Å². The Kier molecular flexibility index (Phi) is 3.57. The highest BCUT2D eigenvalue weighted by molar-refractivity contribution is 7.90. The highest BCUT2D eigenvalue weighted by Crippen LogP contribution is 2.20. The number of nitrogen functional groups attached to an aromatic ring is 1. The van der Waals surface area contributed by atoms with Gasteiger partial charge in [0.2, 0.25) is 0 Å². The van der Waals surface area contributed by atoms with Crippen molar-refractivity contribution in [2.45, 2.75) is 17.6 Å². The Balaban J connectivity index is 2.37. The molecule has 0 saturated heterocycles. The van der Waals surface area contributed by atoms with Crippen LogP contribution < -0.4 is 5.73 Å². The van der Waals surface area contributed by atoms with Gasteiger partial charge in [-0.3, -0.25) is 0 Å². The van der Waals surface area contributed by atoms with Crippen LogP contribution in [0.2, 0.25) is 0 Å². The molecule has 100 valence electrons. The lowest BCUT2D eigenvalue weighted by atomic mass is 10.2. The first-order valence-electron chi connectivity index (χ1n) is 5.71. The molecular weight excluding hydrogens is 265 g/mol.